The third kappa shape index (κ3) is 4.72. The molecule has 0 saturated carbocycles. The number of hydrogen-bond acceptors (Lipinski definition) is 4. The van der Waals surface area contributed by atoms with Crippen LogP contribution in [0.5, 0.6) is 0 Å². The molecule has 0 N–H and O–H groups in total. The molecule has 5 aromatic rings. The van der Waals surface area contributed by atoms with Crippen LogP contribution in [0.15, 0.2) is 115 Å². The minimum absolute atomic E-state index is 0.196. The fraction of sp³-hybridized carbons (Fsp3) is 0.300. The largest absolute Gasteiger partial charge is 0.458 e. The van der Waals surface area contributed by atoms with Crippen molar-refractivity contribution in [2.75, 3.05) is 13.1 Å². The first-order chi connectivity index (χ1) is 22.0. The number of fused-ring (bicyclic) bond motifs is 2. The number of ether oxygens (including phenoxy) is 2. The minimum Gasteiger partial charge on any atom is -0.458 e. The van der Waals surface area contributed by atoms with Crippen LogP contribution >= 0.6 is 0 Å². The predicted octanol–water partition coefficient (Wildman–Crippen LogP) is 7.94. The van der Waals surface area contributed by atoms with Gasteiger partial charge in [-0.05, 0) is 45.8 Å². The molecular weight excluding hydrogens is 558 g/mol. The summed E-state index contributed by atoms with van der Waals surface area (Å²) in [4.78, 5) is 28.9. The lowest BCUT2D eigenvalue weighted by Gasteiger charge is -2.47. The third-order valence-electron chi connectivity index (χ3n) is 10.9. The second-order valence-electron chi connectivity index (χ2n) is 13.2. The minimum atomic E-state index is -1.76. The molecule has 0 aliphatic carbocycles. The van der Waals surface area contributed by atoms with E-state index in [0.717, 1.165) is 34.4 Å². The van der Waals surface area contributed by atoms with Gasteiger partial charge < -0.3 is 14.0 Å². The number of rotatable bonds is 6. The van der Waals surface area contributed by atoms with Gasteiger partial charge in [0, 0.05) is 49.7 Å². The fourth-order valence-electron chi connectivity index (χ4n) is 8.71. The van der Waals surface area contributed by atoms with Crippen LogP contribution in [-0.2, 0) is 19.9 Å². The van der Waals surface area contributed by atoms with E-state index in [1.54, 1.807) is 6.07 Å². The Bertz CT molecular complexity index is 1820. The highest BCUT2D eigenvalue weighted by molar-refractivity contribution is 6.02. The van der Waals surface area contributed by atoms with E-state index in [2.05, 4.69) is 24.3 Å². The number of hydrogen-bond donors (Lipinski definition) is 0. The van der Waals surface area contributed by atoms with Gasteiger partial charge in [0.2, 0.25) is 0 Å². The Hall–Kier alpha value is -4.48. The molecule has 8 rings (SSSR count). The van der Waals surface area contributed by atoms with Gasteiger partial charge in [-0.15, -0.1) is 0 Å². The van der Waals surface area contributed by atoms with Gasteiger partial charge in [-0.2, -0.15) is 0 Å². The smallest absolute Gasteiger partial charge is 0.360 e. The summed E-state index contributed by atoms with van der Waals surface area (Å²) < 4.78 is 14.2. The molecule has 3 heterocycles. The first-order valence-electron chi connectivity index (χ1n) is 16.4. The molecule has 3 saturated heterocycles. The van der Waals surface area contributed by atoms with Crippen LogP contribution in [0.3, 0.4) is 0 Å². The number of quaternary nitrogens is 1. The van der Waals surface area contributed by atoms with Crippen LogP contribution in [0, 0.1) is 0 Å². The maximum Gasteiger partial charge on any atom is 0.360 e. The quantitative estimate of drug-likeness (QED) is 0.113. The summed E-state index contributed by atoms with van der Waals surface area (Å²) >= 11 is 0. The molecule has 0 aromatic heterocycles. The standard InChI is InChI=1S/C40H38NO4/c42-38(31-18-17-30-23-28-11-7-8-12-29(28)24-32(30)25-31)45-40(33-13-3-1-4-14-33,34-15-5-2-6-16-34)39(43)44-37-26-35-19-20-36(27-37)41(35)21-9-10-22-41/h1-8,11-18,23-25,35-37H,9-10,19-22,26-27H2/q+1. The molecule has 3 fully saturated rings. The maximum atomic E-state index is 14.7. The fourth-order valence-corrected chi connectivity index (χ4v) is 8.71. The summed E-state index contributed by atoms with van der Waals surface area (Å²) in [5.41, 5.74) is -0.224. The lowest BCUT2D eigenvalue weighted by atomic mass is 9.85. The van der Waals surface area contributed by atoms with Crippen LogP contribution in [0.4, 0.5) is 0 Å². The van der Waals surface area contributed by atoms with Crippen molar-refractivity contribution in [1.82, 2.24) is 0 Å². The molecule has 226 valence electrons. The highest BCUT2D eigenvalue weighted by Crippen LogP contribution is 2.47. The van der Waals surface area contributed by atoms with E-state index >= 15 is 0 Å². The van der Waals surface area contributed by atoms with Crippen LogP contribution in [0.1, 0.15) is 60.0 Å². The maximum absolute atomic E-state index is 14.7. The van der Waals surface area contributed by atoms with Gasteiger partial charge in [0.05, 0.1) is 30.7 Å². The van der Waals surface area contributed by atoms with Crippen molar-refractivity contribution in [2.45, 2.75) is 62.3 Å². The summed E-state index contributed by atoms with van der Waals surface area (Å²) in [7, 11) is 0. The number of nitrogens with zero attached hydrogens (tertiary/aromatic N) is 1. The number of benzene rings is 5. The first-order valence-corrected chi connectivity index (χ1v) is 16.4. The topological polar surface area (TPSA) is 52.6 Å². The number of carbonyl (C=O) groups is 2. The highest BCUT2D eigenvalue weighted by atomic mass is 16.6. The van der Waals surface area contributed by atoms with Gasteiger partial charge in [0.1, 0.15) is 6.10 Å². The normalized spacial score (nSPS) is 22.1. The van der Waals surface area contributed by atoms with Gasteiger partial charge in [0.15, 0.2) is 0 Å². The zero-order chi connectivity index (χ0) is 30.4. The van der Waals surface area contributed by atoms with Crippen molar-refractivity contribution in [1.29, 1.82) is 0 Å². The van der Waals surface area contributed by atoms with Crippen LogP contribution in [0.25, 0.3) is 21.5 Å². The van der Waals surface area contributed by atoms with Gasteiger partial charge in [-0.25, -0.2) is 9.59 Å². The van der Waals surface area contributed by atoms with Gasteiger partial charge in [0.25, 0.3) is 5.60 Å². The van der Waals surface area contributed by atoms with E-state index in [4.69, 9.17) is 9.47 Å². The monoisotopic (exact) mass is 596 g/mol. The van der Waals surface area contributed by atoms with Crippen molar-refractivity contribution in [3.63, 3.8) is 0 Å². The summed E-state index contributed by atoms with van der Waals surface area (Å²) in [5.74, 6) is -1.10. The van der Waals surface area contributed by atoms with Gasteiger partial charge in [-0.3, -0.25) is 0 Å². The molecule has 2 atom stereocenters. The molecule has 2 bridgehead atoms. The lowest BCUT2D eigenvalue weighted by Crippen LogP contribution is -2.60. The molecule has 3 aliphatic rings. The van der Waals surface area contributed by atoms with E-state index in [0.29, 0.717) is 28.8 Å². The zero-order valence-corrected chi connectivity index (χ0v) is 25.4. The summed E-state index contributed by atoms with van der Waals surface area (Å²) in [5, 5.41) is 4.21. The van der Waals surface area contributed by atoms with E-state index in [-0.39, 0.29) is 6.10 Å². The Morgan fingerprint density at radius 1 is 0.622 bits per heavy atom. The zero-order valence-electron chi connectivity index (χ0n) is 25.4. The predicted molar refractivity (Wildman–Crippen MR) is 176 cm³/mol. The summed E-state index contributed by atoms with van der Waals surface area (Å²) in [6.07, 6.45) is 6.54. The van der Waals surface area contributed by atoms with Crippen molar-refractivity contribution in [3.05, 3.63) is 132 Å². The Kier molecular flexibility index (Phi) is 6.94. The first kappa shape index (κ1) is 28.0. The van der Waals surface area contributed by atoms with E-state index in [1.807, 2.05) is 84.9 Å². The van der Waals surface area contributed by atoms with Crippen molar-refractivity contribution in [3.8, 4) is 0 Å². The molecule has 5 heteroatoms. The SMILES string of the molecule is O=C(OC(C(=O)OC1CC2CCC(C1)[N+]21CCCC1)(c1ccccc1)c1ccccc1)c1ccc2cc3ccccc3cc2c1. The van der Waals surface area contributed by atoms with Gasteiger partial charge in [-0.1, -0.05) is 91.0 Å². The van der Waals surface area contributed by atoms with E-state index in [9.17, 15) is 9.59 Å². The van der Waals surface area contributed by atoms with Crippen LogP contribution < -0.4 is 0 Å². The van der Waals surface area contributed by atoms with Crippen LogP contribution in [0.2, 0.25) is 0 Å². The Labute approximate surface area is 264 Å². The average Bonchev–Trinajstić information content (AvgIpc) is 3.63. The lowest BCUT2D eigenvalue weighted by molar-refractivity contribution is -0.956. The molecular formula is C40H38NO4+. The molecule has 5 nitrogen and oxygen atoms in total. The molecule has 0 amide bonds. The number of esters is 2. The second kappa shape index (κ2) is 11.1. The molecule has 5 aromatic carbocycles. The summed E-state index contributed by atoms with van der Waals surface area (Å²) in [6.45, 7) is 2.51. The number of carbonyl (C=O) groups excluding carboxylic acids is 2. The molecule has 45 heavy (non-hydrogen) atoms. The Morgan fingerprint density at radius 2 is 1.16 bits per heavy atom. The van der Waals surface area contributed by atoms with Crippen molar-refractivity contribution < 1.29 is 23.5 Å². The van der Waals surface area contributed by atoms with Crippen LogP contribution in [-0.4, -0.2) is 47.7 Å². The van der Waals surface area contributed by atoms with Crippen molar-refractivity contribution in [2.24, 2.45) is 0 Å². The van der Waals surface area contributed by atoms with Gasteiger partial charge >= 0.3 is 11.9 Å². The number of piperidine rings is 1. The van der Waals surface area contributed by atoms with Crippen molar-refractivity contribution >= 4 is 33.5 Å². The Morgan fingerprint density at radius 3 is 1.76 bits per heavy atom. The Balaban J connectivity index is 1.16. The molecule has 0 radical (unpaired) electrons. The molecule has 2 unspecified atom stereocenters. The third-order valence-corrected chi connectivity index (χ3v) is 10.9. The highest BCUT2D eigenvalue weighted by Gasteiger charge is 2.57. The summed E-state index contributed by atoms with van der Waals surface area (Å²) in [6, 6.07) is 37.8. The van der Waals surface area contributed by atoms with E-state index in [1.165, 1.54) is 43.3 Å². The van der Waals surface area contributed by atoms with E-state index < -0.39 is 17.5 Å². The molecule has 1 spiro atoms. The second-order valence-corrected chi connectivity index (χ2v) is 13.2. The molecule has 3 aliphatic heterocycles. The average molecular weight is 597 g/mol.